The molecule has 1 fully saturated rings. The van der Waals surface area contributed by atoms with Crippen LogP contribution in [-0.2, 0) is 11.2 Å². The van der Waals surface area contributed by atoms with Crippen molar-refractivity contribution < 1.29 is 4.74 Å². The molecule has 2 unspecified atom stereocenters. The van der Waals surface area contributed by atoms with Crippen molar-refractivity contribution in [3.63, 3.8) is 0 Å². The molecule has 1 aliphatic heterocycles. The Bertz CT molecular complexity index is 421. The van der Waals surface area contributed by atoms with Crippen molar-refractivity contribution in [3.05, 3.63) is 15.6 Å². The lowest BCUT2D eigenvalue weighted by Crippen LogP contribution is -2.28. The molecule has 2 N–H and O–H groups in total. The Hall–Kier alpha value is -0.450. The molecule has 0 spiro atoms. The Kier molecular flexibility index (Phi) is 2.76. The summed E-state index contributed by atoms with van der Waals surface area (Å²) in [6.45, 7) is 5.44. The summed E-state index contributed by atoms with van der Waals surface area (Å²) in [7, 11) is 0. The minimum Gasteiger partial charge on any atom is -0.371 e. The summed E-state index contributed by atoms with van der Waals surface area (Å²) < 4.78 is 5.71. The second-order valence-electron chi connectivity index (χ2n) is 6.02. The second kappa shape index (κ2) is 4.04. The van der Waals surface area contributed by atoms with Gasteiger partial charge in [0.1, 0.15) is 11.1 Å². The lowest BCUT2D eigenvalue weighted by molar-refractivity contribution is 0.111. The Morgan fingerprint density at radius 2 is 2.29 bits per heavy atom. The molecule has 2 heterocycles. The van der Waals surface area contributed by atoms with Gasteiger partial charge in [0.15, 0.2) is 0 Å². The first-order valence-electron chi connectivity index (χ1n) is 6.42. The van der Waals surface area contributed by atoms with Gasteiger partial charge in [-0.15, -0.1) is 11.3 Å². The predicted molar refractivity (Wildman–Crippen MR) is 69.1 cm³/mol. The fourth-order valence-electron chi connectivity index (χ4n) is 2.92. The van der Waals surface area contributed by atoms with Gasteiger partial charge in [-0.25, -0.2) is 4.98 Å². The number of rotatable bonds is 1. The fourth-order valence-corrected chi connectivity index (χ4v) is 4.09. The molecular weight excluding hydrogens is 232 g/mol. The number of fused-ring (bicyclic) bond motifs is 1. The van der Waals surface area contributed by atoms with Crippen LogP contribution >= 0.6 is 11.3 Å². The zero-order valence-electron chi connectivity index (χ0n) is 10.5. The third-order valence-corrected chi connectivity index (χ3v) is 5.03. The van der Waals surface area contributed by atoms with Gasteiger partial charge < -0.3 is 10.5 Å². The van der Waals surface area contributed by atoms with Crippen LogP contribution in [0, 0.1) is 5.41 Å². The largest absolute Gasteiger partial charge is 0.371 e. The molecule has 0 bridgehead atoms. The molecule has 1 aromatic heterocycles. The van der Waals surface area contributed by atoms with Crippen LogP contribution in [0.1, 0.15) is 60.8 Å². The van der Waals surface area contributed by atoms with Gasteiger partial charge in [-0.05, 0) is 31.1 Å². The van der Waals surface area contributed by atoms with E-state index in [1.165, 1.54) is 10.6 Å². The van der Waals surface area contributed by atoms with Crippen molar-refractivity contribution in [2.75, 3.05) is 6.61 Å². The molecule has 94 valence electrons. The third-order valence-electron chi connectivity index (χ3n) is 3.70. The third kappa shape index (κ3) is 2.14. The van der Waals surface area contributed by atoms with Crippen molar-refractivity contribution in [1.82, 2.24) is 4.98 Å². The summed E-state index contributed by atoms with van der Waals surface area (Å²) in [6, 6.07) is 0.168. The molecular formula is C13H20N2OS. The highest BCUT2D eigenvalue weighted by Crippen LogP contribution is 2.44. The van der Waals surface area contributed by atoms with Gasteiger partial charge in [0.05, 0.1) is 5.69 Å². The van der Waals surface area contributed by atoms with Crippen molar-refractivity contribution >= 4 is 11.3 Å². The molecule has 1 aromatic rings. The highest BCUT2D eigenvalue weighted by molar-refractivity contribution is 7.11. The van der Waals surface area contributed by atoms with Crippen LogP contribution in [0.25, 0.3) is 0 Å². The maximum Gasteiger partial charge on any atom is 0.122 e. The van der Waals surface area contributed by atoms with Gasteiger partial charge in [-0.2, -0.15) is 0 Å². The summed E-state index contributed by atoms with van der Waals surface area (Å²) >= 11 is 1.78. The van der Waals surface area contributed by atoms with E-state index in [2.05, 4.69) is 13.8 Å². The van der Waals surface area contributed by atoms with E-state index < -0.39 is 0 Å². The van der Waals surface area contributed by atoms with Crippen LogP contribution in [0.15, 0.2) is 0 Å². The molecule has 3 rings (SSSR count). The maximum absolute atomic E-state index is 6.26. The van der Waals surface area contributed by atoms with E-state index in [0.29, 0.717) is 0 Å². The monoisotopic (exact) mass is 252 g/mol. The van der Waals surface area contributed by atoms with Crippen molar-refractivity contribution in [2.45, 2.75) is 51.7 Å². The van der Waals surface area contributed by atoms with E-state index in [0.717, 1.165) is 37.3 Å². The van der Waals surface area contributed by atoms with Crippen LogP contribution in [0.5, 0.6) is 0 Å². The lowest BCUT2D eigenvalue weighted by atomic mass is 9.77. The molecule has 0 radical (unpaired) electrons. The second-order valence-corrected chi connectivity index (χ2v) is 7.08. The van der Waals surface area contributed by atoms with Gasteiger partial charge in [-0.1, -0.05) is 13.8 Å². The van der Waals surface area contributed by atoms with Gasteiger partial charge >= 0.3 is 0 Å². The maximum atomic E-state index is 6.26. The van der Waals surface area contributed by atoms with Crippen LogP contribution in [0.2, 0.25) is 0 Å². The quantitative estimate of drug-likeness (QED) is 0.836. The van der Waals surface area contributed by atoms with E-state index in [1.807, 2.05) is 0 Å². The predicted octanol–water partition coefficient (Wildman–Crippen LogP) is 2.97. The number of nitrogens with zero attached hydrogens (tertiary/aromatic N) is 1. The SMILES string of the molecule is CC1(C)Cc2nc(C3CCCO3)sc2C(N)C1. The van der Waals surface area contributed by atoms with Crippen molar-refractivity contribution in [1.29, 1.82) is 0 Å². The Morgan fingerprint density at radius 1 is 1.47 bits per heavy atom. The molecule has 17 heavy (non-hydrogen) atoms. The number of thiazole rings is 1. The summed E-state index contributed by atoms with van der Waals surface area (Å²) in [5.41, 5.74) is 7.78. The minimum absolute atomic E-state index is 0.168. The number of nitrogens with two attached hydrogens (primary N) is 1. The van der Waals surface area contributed by atoms with E-state index in [-0.39, 0.29) is 17.6 Å². The zero-order valence-corrected chi connectivity index (χ0v) is 11.3. The fraction of sp³-hybridized carbons (Fsp3) is 0.769. The van der Waals surface area contributed by atoms with Gasteiger partial charge in [-0.3, -0.25) is 0 Å². The molecule has 4 heteroatoms. The van der Waals surface area contributed by atoms with E-state index >= 15 is 0 Å². The highest BCUT2D eigenvalue weighted by atomic mass is 32.1. The summed E-state index contributed by atoms with van der Waals surface area (Å²) in [4.78, 5) is 6.09. The van der Waals surface area contributed by atoms with Crippen molar-refractivity contribution in [3.8, 4) is 0 Å². The minimum atomic E-state index is 0.168. The van der Waals surface area contributed by atoms with Crippen LogP contribution < -0.4 is 5.73 Å². The molecule has 3 nitrogen and oxygen atoms in total. The number of aromatic nitrogens is 1. The number of hydrogen-bond donors (Lipinski definition) is 1. The smallest absolute Gasteiger partial charge is 0.122 e. The highest BCUT2D eigenvalue weighted by Gasteiger charge is 2.34. The zero-order chi connectivity index (χ0) is 12.0. The standard InChI is InChI=1S/C13H20N2OS/c1-13(2)6-8(14)11-9(7-13)15-12(17-11)10-4-3-5-16-10/h8,10H,3-7,14H2,1-2H3. The first-order valence-corrected chi connectivity index (χ1v) is 7.23. The number of hydrogen-bond acceptors (Lipinski definition) is 4. The Morgan fingerprint density at radius 3 is 3.00 bits per heavy atom. The molecule has 0 saturated carbocycles. The molecule has 2 aliphatic rings. The van der Waals surface area contributed by atoms with E-state index in [1.54, 1.807) is 11.3 Å². The molecule has 1 saturated heterocycles. The van der Waals surface area contributed by atoms with Crippen LogP contribution in [0.3, 0.4) is 0 Å². The Labute approximate surface area is 106 Å². The molecule has 1 aliphatic carbocycles. The molecule has 0 aromatic carbocycles. The average Bonchev–Trinajstić information content (AvgIpc) is 2.81. The van der Waals surface area contributed by atoms with Crippen LogP contribution in [-0.4, -0.2) is 11.6 Å². The van der Waals surface area contributed by atoms with E-state index in [4.69, 9.17) is 15.5 Å². The van der Waals surface area contributed by atoms with Crippen LogP contribution in [0.4, 0.5) is 0 Å². The van der Waals surface area contributed by atoms with Gasteiger partial charge in [0.2, 0.25) is 0 Å². The molecule has 2 atom stereocenters. The summed E-state index contributed by atoms with van der Waals surface area (Å²) in [6.07, 6.45) is 4.63. The van der Waals surface area contributed by atoms with Crippen molar-refractivity contribution in [2.24, 2.45) is 11.1 Å². The van der Waals surface area contributed by atoms with E-state index in [9.17, 15) is 0 Å². The molecule has 0 amide bonds. The topological polar surface area (TPSA) is 48.1 Å². The summed E-state index contributed by atoms with van der Waals surface area (Å²) in [5, 5.41) is 1.15. The first kappa shape index (κ1) is 11.6. The normalized spacial score (nSPS) is 31.5. The lowest BCUT2D eigenvalue weighted by Gasteiger charge is -2.32. The summed E-state index contributed by atoms with van der Waals surface area (Å²) in [5.74, 6) is 0. The van der Waals surface area contributed by atoms with Gasteiger partial charge in [0.25, 0.3) is 0 Å². The Balaban J connectivity index is 1.91. The first-order chi connectivity index (χ1) is 8.05. The van der Waals surface area contributed by atoms with Gasteiger partial charge in [0, 0.05) is 17.5 Å². The average molecular weight is 252 g/mol. The number of ether oxygens (including phenoxy) is 1.